The maximum Gasteiger partial charge on any atom is 0.339 e. The Morgan fingerprint density at radius 1 is 1.00 bits per heavy atom. The number of anilines is 1. The lowest BCUT2D eigenvalue weighted by Gasteiger charge is -2.14. The molecule has 168 valence electrons. The van der Waals surface area contributed by atoms with Gasteiger partial charge in [0, 0.05) is 7.05 Å². The van der Waals surface area contributed by atoms with E-state index in [1.165, 1.54) is 38.0 Å². The number of methoxy groups -OCH3 is 2. The molecule has 0 bridgehead atoms. The first-order valence-electron chi connectivity index (χ1n) is 9.86. The van der Waals surface area contributed by atoms with Crippen LogP contribution in [-0.2, 0) is 16.6 Å². The molecule has 1 heterocycles. The van der Waals surface area contributed by atoms with Crippen LogP contribution in [0.15, 0.2) is 53.3 Å². The topological polar surface area (TPSA) is 101 Å². The summed E-state index contributed by atoms with van der Waals surface area (Å²) in [6.07, 6.45) is -1.14. The van der Waals surface area contributed by atoms with Crippen molar-refractivity contribution in [1.29, 1.82) is 0 Å². The monoisotopic (exact) mass is 439 g/mol. The number of hydrogen-bond donors (Lipinski definition) is 1. The van der Waals surface area contributed by atoms with Gasteiger partial charge in [0.15, 0.2) is 17.6 Å². The average Bonchev–Trinajstić information content (AvgIpc) is 3.01. The number of benzene rings is 2. The summed E-state index contributed by atoms with van der Waals surface area (Å²) in [4.78, 5) is 38.1. The van der Waals surface area contributed by atoms with Gasteiger partial charge in [0.1, 0.15) is 5.69 Å². The molecule has 1 aromatic heterocycles. The van der Waals surface area contributed by atoms with Gasteiger partial charge in [-0.15, -0.1) is 0 Å². The third kappa shape index (κ3) is 4.36. The van der Waals surface area contributed by atoms with Crippen LogP contribution >= 0.6 is 0 Å². The lowest BCUT2D eigenvalue weighted by atomic mass is 10.2. The van der Waals surface area contributed by atoms with Crippen molar-refractivity contribution in [1.82, 2.24) is 9.36 Å². The Labute approximate surface area is 185 Å². The zero-order valence-electron chi connectivity index (χ0n) is 18.5. The van der Waals surface area contributed by atoms with Gasteiger partial charge in [-0.05, 0) is 44.2 Å². The van der Waals surface area contributed by atoms with Crippen LogP contribution < -0.4 is 20.3 Å². The van der Waals surface area contributed by atoms with Gasteiger partial charge in [0.25, 0.3) is 11.5 Å². The van der Waals surface area contributed by atoms with Crippen LogP contribution in [0.25, 0.3) is 5.69 Å². The van der Waals surface area contributed by atoms with E-state index in [0.717, 1.165) is 0 Å². The Bertz CT molecular complexity index is 1200. The number of carbonyl (C=O) groups is 2. The maximum atomic E-state index is 12.9. The van der Waals surface area contributed by atoms with Gasteiger partial charge < -0.3 is 19.5 Å². The largest absolute Gasteiger partial charge is 0.493 e. The number of aromatic nitrogens is 2. The Kier molecular flexibility index (Phi) is 6.67. The first-order chi connectivity index (χ1) is 15.3. The van der Waals surface area contributed by atoms with Crippen LogP contribution in [0.4, 0.5) is 5.69 Å². The predicted octanol–water partition coefficient (Wildman–Crippen LogP) is 2.69. The fraction of sp³-hybridized carbons (Fsp3) is 0.261. The van der Waals surface area contributed by atoms with Crippen molar-refractivity contribution in [2.75, 3.05) is 19.5 Å². The summed E-state index contributed by atoms with van der Waals surface area (Å²) in [5, 5.41) is 2.59. The van der Waals surface area contributed by atoms with E-state index in [-0.39, 0.29) is 16.8 Å². The number of ether oxygens (including phenoxy) is 3. The van der Waals surface area contributed by atoms with Gasteiger partial charge in [-0.1, -0.05) is 18.2 Å². The standard InChI is InChI=1S/C23H25N3O6/c1-14-20(22(28)26(25(14)3)17-9-7-6-8-10-17)24-21(27)15(2)32-23(29)16-11-12-18(30-4)19(13-16)31-5/h6-13,15H,1-5H3,(H,24,27). The minimum atomic E-state index is -1.14. The van der Waals surface area contributed by atoms with E-state index in [0.29, 0.717) is 22.9 Å². The summed E-state index contributed by atoms with van der Waals surface area (Å²) in [7, 11) is 4.66. The van der Waals surface area contributed by atoms with Crippen LogP contribution in [0.2, 0.25) is 0 Å². The summed E-state index contributed by atoms with van der Waals surface area (Å²) in [5.74, 6) is -0.505. The van der Waals surface area contributed by atoms with E-state index in [1.54, 1.807) is 36.9 Å². The molecule has 2 aromatic carbocycles. The van der Waals surface area contributed by atoms with Gasteiger partial charge in [0.05, 0.1) is 31.2 Å². The number of para-hydroxylation sites is 1. The fourth-order valence-corrected chi connectivity index (χ4v) is 3.18. The third-order valence-electron chi connectivity index (χ3n) is 5.07. The normalized spacial score (nSPS) is 11.5. The van der Waals surface area contributed by atoms with Gasteiger partial charge in [-0.25, -0.2) is 9.48 Å². The lowest BCUT2D eigenvalue weighted by molar-refractivity contribution is -0.123. The van der Waals surface area contributed by atoms with E-state index >= 15 is 0 Å². The van der Waals surface area contributed by atoms with Crippen molar-refractivity contribution < 1.29 is 23.8 Å². The minimum absolute atomic E-state index is 0.121. The number of esters is 1. The first-order valence-corrected chi connectivity index (χ1v) is 9.86. The molecule has 0 saturated carbocycles. The zero-order valence-corrected chi connectivity index (χ0v) is 18.5. The van der Waals surface area contributed by atoms with E-state index in [9.17, 15) is 14.4 Å². The third-order valence-corrected chi connectivity index (χ3v) is 5.07. The van der Waals surface area contributed by atoms with Crippen molar-refractivity contribution in [3.63, 3.8) is 0 Å². The van der Waals surface area contributed by atoms with Crippen LogP contribution in [0.1, 0.15) is 23.0 Å². The quantitative estimate of drug-likeness (QED) is 0.568. The molecule has 0 fully saturated rings. The Hall–Kier alpha value is -4.01. The molecule has 0 aliphatic rings. The van der Waals surface area contributed by atoms with Crippen LogP contribution in [0.5, 0.6) is 11.5 Å². The number of nitrogens with one attached hydrogen (secondary N) is 1. The lowest BCUT2D eigenvalue weighted by Crippen LogP contribution is -2.32. The molecule has 0 aliphatic heterocycles. The van der Waals surface area contributed by atoms with Crippen LogP contribution in [0.3, 0.4) is 0 Å². The van der Waals surface area contributed by atoms with E-state index in [4.69, 9.17) is 14.2 Å². The first kappa shape index (κ1) is 22.7. The Morgan fingerprint density at radius 3 is 2.28 bits per heavy atom. The molecule has 9 heteroatoms. The second-order valence-electron chi connectivity index (χ2n) is 7.04. The minimum Gasteiger partial charge on any atom is -0.493 e. The predicted molar refractivity (Wildman–Crippen MR) is 119 cm³/mol. The maximum absolute atomic E-state index is 12.9. The highest BCUT2D eigenvalue weighted by Gasteiger charge is 2.24. The van der Waals surface area contributed by atoms with Gasteiger partial charge in [0.2, 0.25) is 0 Å². The molecule has 1 atom stereocenters. The number of rotatable bonds is 7. The van der Waals surface area contributed by atoms with Gasteiger partial charge in [-0.2, -0.15) is 0 Å². The van der Waals surface area contributed by atoms with Crippen molar-refractivity contribution >= 4 is 17.6 Å². The number of nitrogens with zero attached hydrogens (tertiary/aromatic N) is 2. The van der Waals surface area contributed by atoms with E-state index in [1.807, 2.05) is 18.2 Å². The van der Waals surface area contributed by atoms with Crippen molar-refractivity contribution in [3.05, 3.63) is 70.1 Å². The van der Waals surface area contributed by atoms with Crippen LogP contribution in [-0.4, -0.2) is 41.6 Å². The summed E-state index contributed by atoms with van der Waals surface area (Å²) >= 11 is 0. The molecule has 32 heavy (non-hydrogen) atoms. The number of hydrogen-bond acceptors (Lipinski definition) is 6. The van der Waals surface area contributed by atoms with Crippen molar-refractivity contribution in [3.8, 4) is 17.2 Å². The molecular formula is C23H25N3O6. The Morgan fingerprint density at radius 2 is 1.66 bits per heavy atom. The summed E-state index contributed by atoms with van der Waals surface area (Å²) in [6.45, 7) is 3.15. The molecule has 0 radical (unpaired) electrons. The molecule has 1 N–H and O–H groups in total. The fourth-order valence-electron chi connectivity index (χ4n) is 3.18. The highest BCUT2D eigenvalue weighted by atomic mass is 16.5. The molecule has 3 aromatic rings. The number of carbonyl (C=O) groups excluding carboxylic acids is 2. The van der Waals surface area contributed by atoms with Gasteiger partial charge in [-0.3, -0.25) is 14.3 Å². The van der Waals surface area contributed by atoms with E-state index in [2.05, 4.69) is 5.32 Å². The van der Waals surface area contributed by atoms with Crippen LogP contribution in [0, 0.1) is 6.92 Å². The molecular weight excluding hydrogens is 414 g/mol. The summed E-state index contributed by atoms with van der Waals surface area (Å²) in [5.41, 5.74) is 1.16. The summed E-state index contributed by atoms with van der Waals surface area (Å²) in [6, 6.07) is 13.6. The SMILES string of the molecule is COc1ccc(C(=O)OC(C)C(=O)Nc2c(C)n(C)n(-c3ccccc3)c2=O)cc1OC. The highest BCUT2D eigenvalue weighted by Crippen LogP contribution is 2.28. The number of amides is 1. The van der Waals surface area contributed by atoms with Crippen molar-refractivity contribution in [2.45, 2.75) is 20.0 Å². The average molecular weight is 439 g/mol. The molecule has 9 nitrogen and oxygen atoms in total. The second kappa shape index (κ2) is 9.42. The summed E-state index contributed by atoms with van der Waals surface area (Å²) < 4.78 is 18.7. The smallest absolute Gasteiger partial charge is 0.339 e. The van der Waals surface area contributed by atoms with Gasteiger partial charge >= 0.3 is 5.97 Å². The van der Waals surface area contributed by atoms with E-state index < -0.39 is 18.0 Å². The molecule has 0 saturated heterocycles. The molecule has 0 spiro atoms. The zero-order chi connectivity index (χ0) is 23.4. The Balaban J connectivity index is 1.77. The highest BCUT2D eigenvalue weighted by molar-refractivity contribution is 5.97. The molecule has 1 amide bonds. The molecule has 1 unspecified atom stereocenters. The second-order valence-corrected chi connectivity index (χ2v) is 7.04. The molecule has 0 aliphatic carbocycles. The molecule has 3 rings (SSSR count). The van der Waals surface area contributed by atoms with Crippen molar-refractivity contribution in [2.24, 2.45) is 7.05 Å².